The molecule has 1 aliphatic heterocycles. The van der Waals surface area contributed by atoms with E-state index in [-0.39, 0.29) is 23.5 Å². The van der Waals surface area contributed by atoms with Crippen LogP contribution < -0.4 is 4.74 Å². The average molecular weight is 370 g/mol. The van der Waals surface area contributed by atoms with E-state index < -0.39 is 0 Å². The molecule has 1 aromatic carbocycles. The molecule has 1 aliphatic rings. The van der Waals surface area contributed by atoms with Crippen LogP contribution in [0.4, 0.5) is 0 Å². The molecular formula is C19H28ClNO4. The Labute approximate surface area is 155 Å². The third kappa shape index (κ3) is 5.33. The van der Waals surface area contributed by atoms with Gasteiger partial charge >= 0.3 is 5.97 Å². The molecule has 0 radical (unpaired) electrons. The van der Waals surface area contributed by atoms with Gasteiger partial charge in [-0.1, -0.05) is 6.92 Å². The first-order valence-electron chi connectivity index (χ1n) is 8.77. The first-order valence-corrected chi connectivity index (χ1v) is 9.30. The van der Waals surface area contributed by atoms with Crippen LogP contribution in [0.15, 0.2) is 18.2 Å². The second-order valence-electron chi connectivity index (χ2n) is 6.77. The summed E-state index contributed by atoms with van der Waals surface area (Å²) >= 11 is 5.98. The first-order chi connectivity index (χ1) is 11.9. The number of carbonyl (C=O) groups excluding carboxylic acids is 1. The zero-order chi connectivity index (χ0) is 18.4. The molecule has 5 nitrogen and oxygen atoms in total. The van der Waals surface area contributed by atoms with E-state index in [2.05, 4.69) is 25.7 Å². The smallest absolute Gasteiger partial charge is 0.338 e. The number of hydrogen-bond donors (Lipinski definition) is 0. The summed E-state index contributed by atoms with van der Waals surface area (Å²) in [6.45, 7) is 11.5. The maximum atomic E-state index is 11.9. The van der Waals surface area contributed by atoms with Gasteiger partial charge in [0.25, 0.3) is 0 Å². The number of rotatable bonds is 7. The molecule has 140 valence electrons. The van der Waals surface area contributed by atoms with E-state index in [1.807, 2.05) is 6.07 Å². The summed E-state index contributed by atoms with van der Waals surface area (Å²) in [5.74, 6) is 0.571. The summed E-state index contributed by atoms with van der Waals surface area (Å²) in [6.07, 6.45) is 0. The van der Waals surface area contributed by atoms with Gasteiger partial charge in [0.05, 0.1) is 30.4 Å². The summed E-state index contributed by atoms with van der Waals surface area (Å²) in [5.41, 5.74) is 1.08. The Morgan fingerprint density at radius 3 is 2.80 bits per heavy atom. The lowest BCUT2D eigenvalue weighted by Gasteiger charge is -2.43. The molecule has 0 spiro atoms. The predicted molar refractivity (Wildman–Crippen MR) is 98.5 cm³/mol. The molecule has 25 heavy (non-hydrogen) atoms. The van der Waals surface area contributed by atoms with E-state index in [1.165, 1.54) is 0 Å². The minimum Gasteiger partial charge on any atom is -0.492 e. The number of halogens is 1. The van der Waals surface area contributed by atoms with Crippen molar-refractivity contribution in [3.8, 4) is 5.75 Å². The van der Waals surface area contributed by atoms with Crippen molar-refractivity contribution in [2.45, 2.75) is 45.2 Å². The summed E-state index contributed by atoms with van der Waals surface area (Å²) in [5, 5.41) is 0. The Kier molecular flexibility index (Phi) is 7.11. The molecule has 0 amide bonds. The molecule has 2 rings (SSSR count). The number of morpholine rings is 1. The van der Waals surface area contributed by atoms with Gasteiger partial charge in [0, 0.05) is 12.4 Å². The molecule has 0 aromatic heterocycles. The Hall–Kier alpha value is -1.30. The van der Waals surface area contributed by atoms with Crippen molar-refractivity contribution in [3.63, 3.8) is 0 Å². The van der Waals surface area contributed by atoms with Crippen molar-refractivity contribution in [1.29, 1.82) is 0 Å². The second-order valence-corrected chi connectivity index (χ2v) is 7.04. The Morgan fingerprint density at radius 2 is 2.16 bits per heavy atom. The minimum atomic E-state index is -0.357. The van der Waals surface area contributed by atoms with E-state index in [0.717, 1.165) is 13.1 Å². The average Bonchev–Trinajstić information content (AvgIpc) is 2.59. The minimum absolute atomic E-state index is 0.125. The Balaban J connectivity index is 2.02. The standard InChI is InChI=1S/C19H28ClNO4/c1-5-21-13-19(3,4)25-12-15(21)11-24-16-7-8-17(14(9-16)10-20)18(22)23-6-2/h7-9,15H,5-6,10-13H2,1-4H3. The highest BCUT2D eigenvalue weighted by atomic mass is 35.5. The lowest BCUT2D eigenvalue weighted by Crippen LogP contribution is -2.55. The van der Waals surface area contributed by atoms with Gasteiger partial charge in [0.15, 0.2) is 0 Å². The van der Waals surface area contributed by atoms with Gasteiger partial charge in [-0.05, 0) is 51.1 Å². The van der Waals surface area contributed by atoms with Crippen molar-refractivity contribution in [2.24, 2.45) is 0 Å². The van der Waals surface area contributed by atoms with Gasteiger partial charge in [-0.25, -0.2) is 4.79 Å². The van der Waals surface area contributed by atoms with Gasteiger partial charge in [-0.15, -0.1) is 11.6 Å². The van der Waals surface area contributed by atoms with Gasteiger partial charge in [0.2, 0.25) is 0 Å². The zero-order valence-corrected chi connectivity index (χ0v) is 16.3. The SMILES string of the molecule is CCOC(=O)c1ccc(OCC2COC(C)(C)CN2CC)cc1CCl. The van der Waals surface area contributed by atoms with Crippen molar-refractivity contribution < 1.29 is 19.0 Å². The third-order valence-corrected chi connectivity index (χ3v) is 4.62. The number of nitrogens with zero attached hydrogens (tertiary/aromatic N) is 1. The molecule has 0 aliphatic carbocycles. The monoisotopic (exact) mass is 369 g/mol. The molecule has 1 unspecified atom stereocenters. The maximum Gasteiger partial charge on any atom is 0.338 e. The summed E-state index contributed by atoms with van der Waals surface area (Å²) < 4.78 is 16.9. The molecule has 0 saturated carbocycles. The number of benzene rings is 1. The fraction of sp³-hybridized carbons (Fsp3) is 0.632. The van der Waals surface area contributed by atoms with Gasteiger partial charge in [-0.3, -0.25) is 4.90 Å². The largest absolute Gasteiger partial charge is 0.492 e. The summed E-state index contributed by atoms with van der Waals surface area (Å²) in [4.78, 5) is 14.3. The van der Waals surface area contributed by atoms with Gasteiger partial charge < -0.3 is 14.2 Å². The molecule has 6 heteroatoms. The molecule has 1 fully saturated rings. The van der Waals surface area contributed by atoms with Crippen LogP contribution in [0.1, 0.15) is 43.6 Å². The van der Waals surface area contributed by atoms with Crippen molar-refractivity contribution in [3.05, 3.63) is 29.3 Å². The summed E-state index contributed by atoms with van der Waals surface area (Å²) in [7, 11) is 0. The number of ether oxygens (including phenoxy) is 3. The van der Waals surface area contributed by atoms with E-state index in [4.69, 9.17) is 25.8 Å². The zero-order valence-electron chi connectivity index (χ0n) is 15.5. The third-order valence-electron chi connectivity index (χ3n) is 4.33. The lowest BCUT2D eigenvalue weighted by molar-refractivity contribution is -0.120. The molecule has 1 atom stereocenters. The van der Waals surface area contributed by atoms with Crippen molar-refractivity contribution >= 4 is 17.6 Å². The van der Waals surface area contributed by atoms with Crippen LogP contribution in [0.5, 0.6) is 5.75 Å². The number of carbonyl (C=O) groups is 1. The predicted octanol–water partition coefficient (Wildman–Crippen LogP) is 3.48. The highest BCUT2D eigenvalue weighted by Crippen LogP contribution is 2.23. The van der Waals surface area contributed by atoms with Crippen LogP contribution in [0.25, 0.3) is 0 Å². The van der Waals surface area contributed by atoms with Gasteiger partial charge in [0.1, 0.15) is 12.4 Å². The van der Waals surface area contributed by atoms with Crippen LogP contribution >= 0.6 is 11.6 Å². The number of likely N-dealkylation sites (N-methyl/N-ethyl adjacent to an activating group) is 1. The first kappa shape index (κ1) is 20.0. The molecular weight excluding hydrogens is 342 g/mol. The number of hydrogen-bond acceptors (Lipinski definition) is 5. The lowest BCUT2D eigenvalue weighted by atomic mass is 10.0. The van der Waals surface area contributed by atoms with Crippen LogP contribution in [0, 0.1) is 0 Å². The fourth-order valence-corrected chi connectivity index (χ4v) is 3.21. The number of alkyl halides is 1. The van der Waals surface area contributed by atoms with E-state index in [9.17, 15) is 4.79 Å². The highest BCUT2D eigenvalue weighted by molar-refractivity contribution is 6.17. The fourth-order valence-electron chi connectivity index (χ4n) is 2.99. The van der Waals surface area contributed by atoms with Crippen LogP contribution in [0.3, 0.4) is 0 Å². The van der Waals surface area contributed by atoms with Crippen molar-refractivity contribution in [1.82, 2.24) is 4.90 Å². The summed E-state index contributed by atoms with van der Waals surface area (Å²) in [6, 6.07) is 5.51. The second kappa shape index (κ2) is 8.88. The van der Waals surface area contributed by atoms with Crippen LogP contribution in [0.2, 0.25) is 0 Å². The molecule has 1 heterocycles. The molecule has 0 bridgehead atoms. The van der Waals surface area contributed by atoms with Crippen LogP contribution in [-0.2, 0) is 15.4 Å². The van der Waals surface area contributed by atoms with Gasteiger partial charge in [-0.2, -0.15) is 0 Å². The molecule has 0 N–H and O–H groups in total. The number of esters is 1. The molecule has 1 saturated heterocycles. The Bertz CT molecular complexity index is 591. The van der Waals surface area contributed by atoms with Crippen LogP contribution in [-0.4, -0.2) is 55.4 Å². The van der Waals surface area contributed by atoms with E-state index in [0.29, 0.717) is 36.7 Å². The normalized spacial score (nSPS) is 20.3. The topological polar surface area (TPSA) is 48.0 Å². The van der Waals surface area contributed by atoms with E-state index >= 15 is 0 Å². The molecule has 1 aromatic rings. The maximum absolute atomic E-state index is 11.9. The van der Waals surface area contributed by atoms with E-state index in [1.54, 1.807) is 19.1 Å². The van der Waals surface area contributed by atoms with Crippen molar-refractivity contribution in [2.75, 3.05) is 32.9 Å². The Morgan fingerprint density at radius 1 is 1.40 bits per heavy atom. The quantitative estimate of drug-likeness (QED) is 0.544. The highest BCUT2D eigenvalue weighted by Gasteiger charge is 2.33.